The summed E-state index contributed by atoms with van der Waals surface area (Å²) in [5.41, 5.74) is 21.7. The van der Waals surface area contributed by atoms with Crippen molar-refractivity contribution in [3.63, 3.8) is 0 Å². The smallest absolute Gasteiger partial charge is 0.497 e. The molecule has 0 radical (unpaired) electrons. The van der Waals surface area contributed by atoms with Crippen molar-refractivity contribution in [2.45, 2.75) is 92.9 Å². The molecule has 0 spiro atoms. The minimum absolute atomic E-state index is 0. The molecule has 0 amide bonds. The molecular weight excluding hydrogens is 1220 g/mol. The third-order valence-corrected chi connectivity index (χ3v) is 16.2. The SMILES string of the molecule is Cc1cc2c(oc3cc4c(nc32)oc2c(-c3nc5ccccc5n3-c3c(C(C)C)cc(-c5ccccc5)cc3C(C)C)[c-]c(Oc3[c-]c(-c5nc6ccccc6n5-c5c(C(C)C)cc(-c6ccccc6)cc5C(C)C)ccc3)cc24)c(C)n1.[Pt+2]. The third-order valence-electron chi connectivity index (χ3n) is 16.2. The van der Waals surface area contributed by atoms with Crippen LogP contribution in [0.4, 0.5) is 0 Å². The maximum Gasteiger partial charge on any atom is 2.00 e. The monoisotopic (exact) mass is 1280 g/mol. The summed E-state index contributed by atoms with van der Waals surface area (Å²) in [6, 6.07) is 67.1. The van der Waals surface area contributed by atoms with Crippen molar-refractivity contribution in [2.24, 2.45) is 0 Å². The number of aromatic nitrogens is 6. The summed E-state index contributed by atoms with van der Waals surface area (Å²) in [6.07, 6.45) is 0. The predicted octanol–water partition coefficient (Wildman–Crippen LogP) is 20.1. The number of imidazole rings is 2. The molecule has 0 aliphatic carbocycles. The van der Waals surface area contributed by atoms with Gasteiger partial charge in [-0.05, 0) is 148 Å². The predicted molar refractivity (Wildman–Crippen MR) is 338 cm³/mol. The molecule has 0 N–H and O–H groups in total. The van der Waals surface area contributed by atoms with Gasteiger partial charge in [0, 0.05) is 34.0 Å². The largest absolute Gasteiger partial charge is 2.00 e. The van der Waals surface area contributed by atoms with E-state index in [1.807, 2.05) is 50.2 Å². The van der Waals surface area contributed by atoms with Gasteiger partial charge in [0.25, 0.3) is 0 Å². The first-order valence-corrected chi connectivity index (χ1v) is 28.9. The van der Waals surface area contributed by atoms with Crippen molar-refractivity contribution >= 4 is 66.2 Å². The Morgan fingerprint density at radius 2 is 0.964 bits per heavy atom. The summed E-state index contributed by atoms with van der Waals surface area (Å²) in [5.74, 6) is 3.09. The van der Waals surface area contributed by atoms with Crippen LogP contribution in [0.3, 0.4) is 0 Å². The molecule has 9 nitrogen and oxygen atoms in total. The zero-order valence-electron chi connectivity index (χ0n) is 48.7. The number of fused-ring (bicyclic) bond motifs is 8. The first-order valence-electron chi connectivity index (χ1n) is 28.9. The van der Waals surface area contributed by atoms with Gasteiger partial charge in [0.05, 0.1) is 50.4 Å². The van der Waals surface area contributed by atoms with E-state index in [0.717, 1.165) is 72.4 Å². The summed E-state index contributed by atoms with van der Waals surface area (Å²) in [5, 5.41) is 2.43. The summed E-state index contributed by atoms with van der Waals surface area (Å²) in [7, 11) is 0. The minimum atomic E-state index is 0. The van der Waals surface area contributed by atoms with Crippen LogP contribution in [0.15, 0.2) is 179 Å². The van der Waals surface area contributed by atoms with E-state index in [1.165, 1.54) is 44.5 Å². The van der Waals surface area contributed by atoms with E-state index in [4.69, 9.17) is 33.5 Å². The molecule has 84 heavy (non-hydrogen) atoms. The Balaban J connectivity index is 0.00000658. The van der Waals surface area contributed by atoms with Crippen LogP contribution >= 0.6 is 0 Å². The Labute approximate surface area is 503 Å². The molecular formula is C74H62N6O3Pt. The van der Waals surface area contributed by atoms with Gasteiger partial charge in [-0.25, -0.2) is 4.98 Å². The summed E-state index contributed by atoms with van der Waals surface area (Å²) in [6.45, 7) is 22.2. The van der Waals surface area contributed by atoms with Crippen LogP contribution in [0.25, 0.3) is 123 Å². The number of ether oxygens (including phenoxy) is 1. The van der Waals surface area contributed by atoms with E-state index < -0.39 is 0 Å². The van der Waals surface area contributed by atoms with Crippen molar-refractivity contribution in [1.29, 1.82) is 0 Å². The van der Waals surface area contributed by atoms with Gasteiger partial charge in [0.2, 0.25) is 5.71 Å². The van der Waals surface area contributed by atoms with Gasteiger partial charge in [-0.15, -0.1) is 23.8 Å². The summed E-state index contributed by atoms with van der Waals surface area (Å²) < 4.78 is 25.5. The molecule has 0 saturated heterocycles. The Kier molecular flexibility index (Phi) is 13.8. The topological polar surface area (TPSA) is 96.9 Å². The van der Waals surface area contributed by atoms with E-state index in [1.54, 1.807) is 0 Å². The molecule has 0 saturated carbocycles. The number of hydrogen-bond donors (Lipinski definition) is 0. The number of nitrogens with zero attached hydrogens (tertiary/aromatic N) is 6. The van der Waals surface area contributed by atoms with Gasteiger partial charge in [0.15, 0.2) is 11.2 Å². The normalized spacial score (nSPS) is 12.0. The van der Waals surface area contributed by atoms with Crippen LogP contribution < -0.4 is 4.74 Å². The van der Waals surface area contributed by atoms with Crippen molar-refractivity contribution in [2.75, 3.05) is 0 Å². The van der Waals surface area contributed by atoms with Gasteiger partial charge in [-0.2, -0.15) is 0 Å². The number of benzene rings is 8. The van der Waals surface area contributed by atoms with E-state index >= 15 is 0 Å². The van der Waals surface area contributed by atoms with E-state index in [9.17, 15) is 0 Å². The average Bonchev–Trinajstić information content (AvgIpc) is 2.45. The van der Waals surface area contributed by atoms with Gasteiger partial charge in [-0.1, -0.05) is 164 Å². The number of rotatable bonds is 12. The molecule has 0 aliphatic heterocycles. The molecule has 416 valence electrons. The molecule has 14 aromatic rings. The molecule has 6 aromatic heterocycles. The van der Waals surface area contributed by atoms with Crippen molar-refractivity contribution < 1.29 is 34.6 Å². The summed E-state index contributed by atoms with van der Waals surface area (Å²) in [4.78, 5) is 20.9. The zero-order chi connectivity index (χ0) is 56.9. The zero-order valence-corrected chi connectivity index (χ0v) is 51.0. The number of furan rings is 2. The first-order chi connectivity index (χ1) is 40.3. The third kappa shape index (κ3) is 9.21. The van der Waals surface area contributed by atoms with Crippen molar-refractivity contribution in [3.05, 3.63) is 216 Å². The van der Waals surface area contributed by atoms with Crippen LogP contribution in [0.2, 0.25) is 0 Å². The average molecular weight is 1280 g/mol. The summed E-state index contributed by atoms with van der Waals surface area (Å²) >= 11 is 0. The molecule has 10 heteroatoms. The van der Waals surface area contributed by atoms with Gasteiger partial charge < -0.3 is 22.7 Å². The fraction of sp³-hybridized carbons (Fsp3) is 0.189. The number of hydrogen-bond acceptors (Lipinski definition) is 7. The van der Waals surface area contributed by atoms with Gasteiger partial charge in [0.1, 0.15) is 5.52 Å². The number of pyridine rings is 2. The van der Waals surface area contributed by atoms with Crippen LogP contribution in [0.1, 0.15) is 113 Å². The van der Waals surface area contributed by atoms with Crippen molar-refractivity contribution in [1.82, 2.24) is 29.1 Å². The Morgan fingerprint density at radius 3 is 1.52 bits per heavy atom. The van der Waals surface area contributed by atoms with Crippen LogP contribution in [-0.4, -0.2) is 29.1 Å². The number of para-hydroxylation sites is 4. The molecule has 14 rings (SSSR count). The van der Waals surface area contributed by atoms with E-state index in [2.05, 4.69) is 210 Å². The standard InChI is InChI=1S/C74H62N6O3.Pt/c1-41(2)54-34-50(47-22-13-11-14-23-47)35-55(42(3)4)68(54)79-64-30-19-17-28-62(64)76-72(79)49-26-21-27-52(33-49)81-53-38-58-59-40-66-67(60-32-45(9)75-46(10)70(60)82-66)78-74(59)83-71(58)61(39-53)73-77-63-29-18-20-31-65(63)80(73)69-56(43(5)6)36-51(37-57(69)44(7)8)48-24-15-12-16-25-48;/h11-32,34-38,40-44H,1-10H3;/q-2;+2. The fourth-order valence-electron chi connectivity index (χ4n) is 12.3. The van der Waals surface area contributed by atoms with Crippen LogP contribution in [0.5, 0.6) is 11.5 Å². The van der Waals surface area contributed by atoms with E-state index in [0.29, 0.717) is 50.9 Å². The molecule has 6 heterocycles. The molecule has 0 bridgehead atoms. The maximum absolute atomic E-state index is 7.13. The molecule has 0 atom stereocenters. The van der Waals surface area contributed by atoms with Gasteiger partial charge >= 0.3 is 21.1 Å². The first kappa shape index (κ1) is 54.3. The van der Waals surface area contributed by atoms with E-state index in [-0.39, 0.29) is 44.7 Å². The Morgan fingerprint density at radius 1 is 0.440 bits per heavy atom. The minimum Gasteiger partial charge on any atom is -0.497 e. The molecule has 0 unspecified atom stereocenters. The fourth-order valence-corrected chi connectivity index (χ4v) is 12.3. The Bertz CT molecular complexity index is 4810. The second-order valence-electron chi connectivity index (χ2n) is 23.3. The maximum atomic E-state index is 7.13. The van der Waals surface area contributed by atoms with Crippen molar-refractivity contribution in [3.8, 4) is 67.9 Å². The molecule has 0 fully saturated rings. The number of aryl methyl sites for hydroxylation is 2. The molecule has 8 aromatic carbocycles. The quantitative estimate of drug-likeness (QED) is 0.112. The second-order valence-corrected chi connectivity index (χ2v) is 23.3. The Hall–Kier alpha value is -8.91. The van der Waals surface area contributed by atoms with Gasteiger partial charge in [-0.3, -0.25) is 15.0 Å². The molecule has 0 aliphatic rings. The van der Waals surface area contributed by atoms with Crippen LogP contribution in [-0.2, 0) is 21.1 Å². The van der Waals surface area contributed by atoms with Crippen LogP contribution in [0, 0.1) is 26.0 Å². The second kappa shape index (κ2) is 21.4.